The topological polar surface area (TPSA) is 95.6 Å². The van der Waals surface area contributed by atoms with Crippen molar-refractivity contribution in [2.75, 3.05) is 38.8 Å². The second-order valence-corrected chi connectivity index (χ2v) is 8.79. The SMILES string of the molecule is CCOCCNS(=O)(=O)/C(C#N)=C/c1ccc(-c2ccc3cc(N(C)C)ccc3c2)o1. The molecular formula is C23H25N3O4S. The molecule has 3 rings (SSSR count). The van der Waals surface area contributed by atoms with Gasteiger partial charge in [-0.05, 0) is 48.0 Å². The molecule has 0 aliphatic heterocycles. The molecule has 0 radical (unpaired) electrons. The molecule has 0 saturated carbocycles. The highest BCUT2D eigenvalue weighted by Crippen LogP contribution is 2.29. The number of allylic oxidation sites excluding steroid dienone is 1. The Kier molecular flexibility index (Phi) is 7.13. The Bertz CT molecular complexity index is 1240. The molecule has 0 bridgehead atoms. The molecule has 2 aromatic carbocycles. The van der Waals surface area contributed by atoms with Crippen LogP contribution < -0.4 is 9.62 Å². The Morgan fingerprint density at radius 2 is 1.90 bits per heavy atom. The zero-order valence-corrected chi connectivity index (χ0v) is 18.6. The third kappa shape index (κ3) is 5.52. The Balaban J connectivity index is 1.83. The number of fused-ring (bicyclic) bond motifs is 1. The second-order valence-electron chi connectivity index (χ2n) is 7.06. The number of nitrogens with zero attached hydrogens (tertiary/aromatic N) is 2. The molecule has 0 amide bonds. The first-order chi connectivity index (χ1) is 14.8. The highest BCUT2D eigenvalue weighted by molar-refractivity contribution is 7.93. The molecule has 1 heterocycles. The number of hydrogen-bond donors (Lipinski definition) is 1. The Hall–Kier alpha value is -3.12. The zero-order valence-electron chi connectivity index (χ0n) is 17.8. The van der Waals surface area contributed by atoms with Crippen LogP contribution in [0.2, 0.25) is 0 Å². The van der Waals surface area contributed by atoms with Crippen LogP contribution >= 0.6 is 0 Å². The predicted molar refractivity (Wildman–Crippen MR) is 123 cm³/mol. The first-order valence-corrected chi connectivity index (χ1v) is 11.3. The van der Waals surface area contributed by atoms with Crippen LogP contribution in [-0.2, 0) is 14.8 Å². The van der Waals surface area contributed by atoms with E-state index in [1.165, 1.54) is 6.08 Å². The van der Waals surface area contributed by atoms with Gasteiger partial charge in [0.25, 0.3) is 10.0 Å². The summed E-state index contributed by atoms with van der Waals surface area (Å²) in [5.41, 5.74) is 1.98. The van der Waals surface area contributed by atoms with Gasteiger partial charge in [0.05, 0.1) is 6.61 Å². The van der Waals surface area contributed by atoms with E-state index in [0.717, 1.165) is 22.0 Å². The number of hydrogen-bond acceptors (Lipinski definition) is 6. The van der Waals surface area contributed by atoms with Crippen molar-refractivity contribution < 1.29 is 17.6 Å². The summed E-state index contributed by atoms with van der Waals surface area (Å²) in [5.74, 6) is 0.869. The lowest BCUT2D eigenvalue weighted by Crippen LogP contribution is -2.28. The molecule has 0 fully saturated rings. The first kappa shape index (κ1) is 22.6. The van der Waals surface area contributed by atoms with E-state index in [2.05, 4.69) is 10.8 Å². The lowest BCUT2D eigenvalue weighted by molar-refractivity contribution is 0.153. The number of rotatable bonds is 9. The minimum absolute atomic E-state index is 0.0885. The summed E-state index contributed by atoms with van der Waals surface area (Å²) in [6.45, 7) is 2.63. The van der Waals surface area contributed by atoms with Gasteiger partial charge in [-0.15, -0.1) is 0 Å². The molecule has 0 aliphatic carbocycles. The molecule has 1 aromatic heterocycles. The van der Waals surface area contributed by atoms with Crippen molar-refractivity contribution in [1.29, 1.82) is 5.26 Å². The molecule has 0 atom stereocenters. The lowest BCUT2D eigenvalue weighted by atomic mass is 10.0. The van der Waals surface area contributed by atoms with Gasteiger partial charge >= 0.3 is 0 Å². The maximum atomic E-state index is 12.3. The third-order valence-corrected chi connectivity index (χ3v) is 6.04. The van der Waals surface area contributed by atoms with E-state index < -0.39 is 14.9 Å². The van der Waals surface area contributed by atoms with Crippen LogP contribution in [0.5, 0.6) is 0 Å². The minimum Gasteiger partial charge on any atom is -0.457 e. The van der Waals surface area contributed by atoms with Crippen molar-refractivity contribution >= 4 is 32.6 Å². The minimum atomic E-state index is -3.94. The van der Waals surface area contributed by atoms with E-state index in [9.17, 15) is 13.7 Å². The van der Waals surface area contributed by atoms with E-state index in [1.54, 1.807) is 18.2 Å². The number of sulfonamides is 1. The average molecular weight is 440 g/mol. The fraction of sp³-hybridized carbons (Fsp3) is 0.261. The van der Waals surface area contributed by atoms with Gasteiger partial charge < -0.3 is 14.1 Å². The van der Waals surface area contributed by atoms with Crippen LogP contribution in [0, 0.1) is 11.3 Å². The molecule has 7 nitrogen and oxygen atoms in total. The third-order valence-electron chi connectivity index (χ3n) is 4.67. The van der Waals surface area contributed by atoms with Gasteiger partial charge in [-0.2, -0.15) is 5.26 Å². The normalized spacial score (nSPS) is 12.1. The number of ether oxygens (including phenoxy) is 1. The predicted octanol–water partition coefficient (Wildman–Crippen LogP) is 3.99. The quantitative estimate of drug-likeness (QED) is 0.400. The summed E-state index contributed by atoms with van der Waals surface area (Å²) >= 11 is 0. The average Bonchev–Trinajstić information content (AvgIpc) is 3.23. The maximum Gasteiger partial charge on any atom is 0.250 e. The summed E-state index contributed by atoms with van der Waals surface area (Å²) in [6, 6.07) is 17.3. The van der Waals surface area contributed by atoms with Crippen LogP contribution in [0.25, 0.3) is 28.2 Å². The van der Waals surface area contributed by atoms with Gasteiger partial charge in [0.2, 0.25) is 0 Å². The first-order valence-electron chi connectivity index (χ1n) is 9.84. The van der Waals surface area contributed by atoms with Crippen LogP contribution in [0.15, 0.2) is 57.9 Å². The number of anilines is 1. The number of nitrogens with one attached hydrogen (secondary N) is 1. The van der Waals surface area contributed by atoms with Gasteiger partial charge in [-0.25, -0.2) is 13.1 Å². The Morgan fingerprint density at radius 3 is 2.61 bits per heavy atom. The van der Waals surface area contributed by atoms with Crippen molar-refractivity contribution in [1.82, 2.24) is 4.72 Å². The molecule has 162 valence electrons. The second kappa shape index (κ2) is 9.79. The van der Waals surface area contributed by atoms with Crippen LogP contribution in [0.4, 0.5) is 5.69 Å². The number of benzene rings is 2. The molecule has 3 aromatic rings. The molecular weight excluding hydrogens is 414 g/mol. The van der Waals surface area contributed by atoms with Gasteiger partial charge in [0.1, 0.15) is 17.6 Å². The molecule has 31 heavy (non-hydrogen) atoms. The summed E-state index contributed by atoms with van der Waals surface area (Å²) in [6.07, 6.45) is 1.22. The van der Waals surface area contributed by atoms with Crippen molar-refractivity contribution in [3.63, 3.8) is 0 Å². The monoisotopic (exact) mass is 439 g/mol. The van der Waals surface area contributed by atoms with E-state index in [1.807, 2.05) is 56.3 Å². The Labute approximate surface area is 182 Å². The molecule has 0 aliphatic rings. The fourth-order valence-electron chi connectivity index (χ4n) is 3.02. The lowest BCUT2D eigenvalue weighted by Gasteiger charge is -2.13. The van der Waals surface area contributed by atoms with Crippen molar-refractivity contribution in [2.45, 2.75) is 6.92 Å². The molecule has 0 unspecified atom stereocenters. The van der Waals surface area contributed by atoms with E-state index in [4.69, 9.17) is 9.15 Å². The van der Waals surface area contributed by atoms with Gasteiger partial charge in [0, 0.05) is 44.6 Å². The molecule has 0 saturated heterocycles. The van der Waals surface area contributed by atoms with Crippen molar-refractivity contribution in [2.24, 2.45) is 0 Å². The van der Waals surface area contributed by atoms with Gasteiger partial charge in [-0.3, -0.25) is 0 Å². The highest BCUT2D eigenvalue weighted by atomic mass is 32.2. The molecule has 8 heteroatoms. The summed E-state index contributed by atoms with van der Waals surface area (Å²) in [5, 5.41) is 11.5. The fourth-order valence-corrected chi connectivity index (χ4v) is 3.92. The van der Waals surface area contributed by atoms with E-state index in [-0.39, 0.29) is 18.9 Å². The summed E-state index contributed by atoms with van der Waals surface area (Å²) in [4.78, 5) is 1.63. The summed E-state index contributed by atoms with van der Waals surface area (Å²) in [7, 11) is 0.0549. The van der Waals surface area contributed by atoms with Crippen LogP contribution in [0.1, 0.15) is 12.7 Å². The van der Waals surface area contributed by atoms with Crippen LogP contribution in [-0.4, -0.2) is 42.3 Å². The van der Waals surface area contributed by atoms with Crippen LogP contribution in [0.3, 0.4) is 0 Å². The van der Waals surface area contributed by atoms with Gasteiger partial charge in [0.15, 0.2) is 4.91 Å². The van der Waals surface area contributed by atoms with Crippen molar-refractivity contribution in [3.8, 4) is 17.4 Å². The van der Waals surface area contributed by atoms with E-state index in [0.29, 0.717) is 12.4 Å². The Morgan fingerprint density at radius 1 is 1.16 bits per heavy atom. The van der Waals surface area contributed by atoms with Gasteiger partial charge in [-0.1, -0.05) is 18.2 Å². The smallest absolute Gasteiger partial charge is 0.250 e. The maximum absolute atomic E-state index is 12.3. The summed E-state index contributed by atoms with van der Waals surface area (Å²) < 4.78 is 37.9. The number of nitriles is 1. The number of furan rings is 1. The van der Waals surface area contributed by atoms with E-state index >= 15 is 0 Å². The van der Waals surface area contributed by atoms with Crippen molar-refractivity contribution in [3.05, 3.63) is 59.2 Å². The molecule has 0 spiro atoms. The molecule has 1 N–H and O–H groups in total. The highest BCUT2D eigenvalue weighted by Gasteiger charge is 2.18. The largest absolute Gasteiger partial charge is 0.457 e. The zero-order chi connectivity index (χ0) is 22.4. The standard InChI is InChI=1S/C23H25N3O4S/c1-4-29-12-11-25-31(27,28)22(16-24)15-21-9-10-23(30-21)19-6-5-18-14-20(26(2)3)8-7-17(18)13-19/h5-10,13-15,25H,4,11-12H2,1-3H3/b22-15+.